The fourth-order valence-corrected chi connectivity index (χ4v) is 4.47. The molecule has 0 atom stereocenters. The van der Waals surface area contributed by atoms with Crippen molar-refractivity contribution in [2.24, 2.45) is 0 Å². The van der Waals surface area contributed by atoms with E-state index in [0.717, 1.165) is 12.8 Å². The molecular formula is C15H23N3O6P2-4. The summed E-state index contributed by atoms with van der Waals surface area (Å²) in [6, 6.07) is 0. The molecule has 0 fully saturated rings. The largest absolute Gasteiger partial charge is 0.810 e. The minimum Gasteiger partial charge on any atom is -0.810 e. The summed E-state index contributed by atoms with van der Waals surface area (Å²) in [6.45, 7) is 6.57. The van der Waals surface area contributed by atoms with E-state index in [1.807, 2.05) is 20.8 Å². The van der Waals surface area contributed by atoms with E-state index >= 15 is 0 Å². The summed E-state index contributed by atoms with van der Waals surface area (Å²) in [4.78, 5) is 44.0. The second-order valence-corrected chi connectivity index (χ2v) is 10.2. The monoisotopic (exact) mass is 403 g/mol. The Labute approximate surface area is 153 Å². The minimum absolute atomic E-state index is 0.0295. The van der Waals surface area contributed by atoms with Gasteiger partial charge in [-0.05, 0) is 40.0 Å². The lowest BCUT2D eigenvalue weighted by Crippen LogP contribution is -2.35. The summed E-state index contributed by atoms with van der Waals surface area (Å²) in [7, 11) is -11.2. The van der Waals surface area contributed by atoms with E-state index in [0.29, 0.717) is 13.0 Å². The Bertz CT molecular complexity index is 720. The van der Waals surface area contributed by atoms with E-state index in [9.17, 15) is 28.7 Å². The average molecular weight is 403 g/mol. The van der Waals surface area contributed by atoms with Crippen LogP contribution in [-0.4, -0.2) is 20.4 Å². The Morgan fingerprint density at radius 2 is 1.73 bits per heavy atom. The Hall–Kier alpha value is -1.08. The van der Waals surface area contributed by atoms with Crippen LogP contribution < -0.4 is 19.6 Å². The van der Waals surface area contributed by atoms with Gasteiger partial charge in [0.2, 0.25) is 0 Å². The number of aryl methyl sites for hydroxylation is 1. The van der Waals surface area contributed by atoms with E-state index in [1.54, 1.807) is 0 Å². The van der Waals surface area contributed by atoms with Crippen molar-refractivity contribution in [2.45, 2.75) is 58.4 Å². The molecule has 0 saturated carbocycles. The van der Waals surface area contributed by atoms with Gasteiger partial charge in [0.05, 0.1) is 5.69 Å². The molecule has 0 amide bonds. The highest BCUT2D eigenvalue weighted by Gasteiger charge is 2.19. The highest BCUT2D eigenvalue weighted by atomic mass is 31.2. The molecule has 1 aromatic heterocycles. The maximum Gasteiger partial charge on any atom is 0.0837 e. The van der Waals surface area contributed by atoms with Crippen molar-refractivity contribution in [3.63, 3.8) is 0 Å². The molecule has 1 rings (SSSR count). The first kappa shape index (κ1) is 23.0. The Morgan fingerprint density at radius 1 is 1.12 bits per heavy atom. The number of aromatic nitrogens is 3. The zero-order valence-electron chi connectivity index (χ0n) is 15.0. The number of nitrogens with zero attached hydrogens (tertiary/aromatic N) is 3. The molecule has 0 bridgehead atoms. The van der Waals surface area contributed by atoms with Crippen LogP contribution in [0.4, 0.5) is 0 Å². The fourth-order valence-electron chi connectivity index (χ4n) is 2.26. The van der Waals surface area contributed by atoms with E-state index in [2.05, 4.69) is 22.5 Å². The molecule has 0 unspecified atom stereocenters. The van der Waals surface area contributed by atoms with Crippen LogP contribution in [0.1, 0.15) is 45.7 Å². The first-order valence-electron chi connectivity index (χ1n) is 8.11. The molecule has 0 saturated heterocycles. The molecule has 26 heavy (non-hydrogen) atoms. The standard InChI is InChI=1S/C15H27N3O6P2/c1-12(2)6-4-7-13(3)8-5-9-18-11-14(16-17-18)10-15(25(19,20)21)26(22,23)24/h6,8,11,15H,4-5,7,9-10H2,1-3H3,(H2,19,20,21)(H2,22,23,24)/p-4/b13-8-. The van der Waals surface area contributed by atoms with Crippen LogP contribution in [-0.2, 0) is 22.1 Å². The molecule has 0 aliphatic heterocycles. The smallest absolute Gasteiger partial charge is 0.0837 e. The van der Waals surface area contributed by atoms with Gasteiger partial charge >= 0.3 is 0 Å². The van der Waals surface area contributed by atoms with Gasteiger partial charge in [0.25, 0.3) is 0 Å². The fraction of sp³-hybridized carbons (Fsp3) is 0.600. The summed E-state index contributed by atoms with van der Waals surface area (Å²) in [5, 5.41) is 4.85. The highest BCUT2D eigenvalue weighted by molar-refractivity contribution is 7.68. The molecule has 0 aliphatic rings. The predicted octanol–water partition coefficient (Wildman–Crippen LogP) is 0.0569. The number of allylic oxidation sites excluding steroid dienone is 4. The second kappa shape index (κ2) is 9.74. The molecular weight excluding hydrogens is 380 g/mol. The van der Waals surface area contributed by atoms with Gasteiger partial charge in [0.15, 0.2) is 0 Å². The third-order valence-corrected chi connectivity index (χ3v) is 7.17. The van der Waals surface area contributed by atoms with Crippen LogP contribution in [0.5, 0.6) is 0 Å². The molecule has 1 aromatic rings. The first-order chi connectivity index (χ1) is 11.9. The number of hydrogen-bond acceptors (Lipinski definition) is 8. The van der Waals surface area contributed by atoms with Crippen LogP contribution in [0.2, 0.25) is 0 Å². The Balaban J connectivity index is 2.61. The second-order valence-electron chi connectivity index (χ2n) is 6.40. The van der Waals surface area contributed by atoms with Gasteiger partial charge in [-0.2, -0.15) is 0 Å². The van der Waals surface area contributed by atoms with Gasteiger partial charge in [-0.3, -0.25) is 4.68 Å². The number of rotatable bonds is 10. The maximum absolute atomic E-state index is 11.0. The van der Waals surface area contributed by atoms with Gasteiger partial charge in [0.1, 0.15) is 0 Å². The highest BCUT2D eigenvalue weighted by Crippen LogP contribution is 2.51. The predicted molar refractivity (Wildman–Crippen MR) is 89.8 cm³/mol. The van der Waals surface area contributed by atoms with Crippen LogP contribution in [0.25, 0.3) is 0 Å². The average Bonchev–Trinajstić information content (AvgIpc) is 2.89. The summed E-state index contributed by atoms with van der Waals surface area (Å²) in [6.07, 6.45) is 7.34. The quantitative estimate of drug-likeness (QED) is 0.392. The van der Waals surface area contributed by atoms with Gasteiger partial charge in [-0.25, -0.2) is 0 Å². The van der Waals surface area contributed by atoms with Crippen molar-refractivity contribution < 1.29 is 28.7 Å². The van der Waals surface area contributed by atoms with E-state index in [1.165, 1.54) is 22.0 Å². The summed E-state index contributed by atoms with van der Waals surface area (Å²) in [5.41, 5.74) is 2.46. The molecule has 0 radical (unpaired) electrons. The van der Waals surface area contributed by atoms with Gasteiger partial charge < -0.3 is 28.7 Å². The van der Waals surface area contributed by atoms with Crippen molar-refractivity contribution in [1.29, 1.82) is 0 Å². The molecule has 0 spiro atoms. The zero-order valence-corrected chi connectivity index (χ0v) is 16.8. The Kier molecular flexibility index (Phi) is 8.60. The zero-order chi connectivity index (χ0) is 20.0. The molecule has 0 aliphatic carbocycles. The lowest BCUT2D eigenvalue weighted by Gasteiger charge is -2.48. The third-order valence-electron chi connectivity index (χ3n) is 3.65. The molecule has 9 nitrogen and oxygen atoms in total. The molecule has 148 valence electrons. The van der Waals surface area contributed by atoms with Crippen molar-refractivity contribution in [3.05, 3.63) is 35.2 Å². The maximum atomic E-state index is 11.0. The minimum atomic E-state index is -5.59. The van der Waals surface area contributed by atoms with Gasteiger partial charge in [-0.15, -0.1) is 5.10 Å². The van der Waals surface area contributed by atoms with Crippen LogP contribution in [0, 0.1) is 0 Å². The van der Waals surface area contributed by atoms with Gasteiger partial charge in [-0.1, -0.05) is 43.7 Å². The third kappa shape index (κ3) is 8.54. The molecule has 11 heteroatoms. The van der Waals surface area contributed by atoms with E-state index < -0.39 is 27.0 Å². The first-order valence-corrected chi connectivity index (χ1v) is 11.3. The summed E-state index contributed by atoms with van der Waals surface area (Å²) in [5.74, 6) is 0. The van der Waals surface area contributed by atoms with Crippen LogP contribution in [0.15, 0.2) is 29.5 Å². The van der Waals surface area contributed by atoms with Crippen molar-refractivity contribution in [3.8, 4) is 0 Å². The van der Waals surface area contributed by atoms with E-state index in [-0.39, 0.29) is 5.69 Å². The van der Waals surface area contributed by atoms with E-state index in [4.69, 9.17) is 0 Å². The van der Waals surface area contributed by atoms with Crippen molar-refractivity contribution in [1.82, 2.24) is 15.0 Å². The number of hydrogen-bond donors (Lipinski definition) is 0. The lowest BCUT2D eigenvalue weighted by molar-refractivity contribution is -0.329. The molecule has 0 N–H and O–H groups in total. The Morgan fingerprint density at radius 3 is 2.27 bits per heavy atom. The molecule has 0 aromatic carbocycles. The summed E-state index contributed by atoms with van der Waals surface area (Å²) < 4.78 is 23.4. The van der Waals surface area contributed by atoms with Crippen molar-refractivity contribution in [2.75, 3.05) is 0 Å². The van der Waals surface area contributed by atoms with Crippen LogP contribution >= 0.6 is 15.2 Å². The van der Waals surface area contributed by atoms with Crippen LogP contribution in [0.3, 0.4) is 0 Å². The molecule has 1 heterocycles. The SMILES string of the molecule is CC(C)=CCC/C(C)=C\CCn1cc(CC(P(=O)([O-])[O-])P(=O)([O-])[O-])nn1. The summed E-state index contributed by atoms with van der Waals surface area (Å²) >= 11 is 0. The van der Waals surface area contributed by atoms with Gasteiger partial charge in [0, 0.05) is 24.6 Å². The van der Waals surface area contributed by atoms with Crippen molar-refractivity contribution >= 4 is 15.2 Å². The normalized spacial score (nSPS) is 13.3. The lowest BCUT2D eigenvalue weighted by atomic mass is 10.1. The topological polar surface area (TPSA) is 157 Å².